The first kappa shape index (κ1) is 23.4. The average molecular weight is 439 g/mol. The van der Waals surface area contributed by atoms with Gasteiger partial charge in [-0.25, -0.2) is 5.48 Å². The molecule has 0 spiro atoms. The number of benzene rings is 2. The summed E-state index contributed by atoms with van der Waals surface area (Å²) >= 11 is 0. The number of anilines is 2. The van der Waals surface area contributed by atoms with Crippen LogP contribution in [0.1, 0.15) is 49.7 Å². The Kier molecular flexibility index (Phi) is 7.97. The van der Waals surface area contributed by atoms with Crippen LogP contribution in [0.2, 0.25) is 0 Å². The molecule has 6 N–H and O–H groups in total. The van der Waals surface area contributed by atoms with Crippen molar-refractivity contribution in [3.05, 3.63) is 59.7 Å². The molecule has 3 rings (SSSR count). The molecule has 8 heteroatoms. The summed E-state index contributed by atoms with van der Waals surface area (Å²) in [6.45, 7) is 1.56. The topological polar surface area (TPSA) is 134 Å². The molecule has 170 valence electrons. The molecule has 3 atom stereocenters. The fourth-order valence-electron chi connectivity index (χ4n) is 3.54. The highest BCUT2D eigenvalue weighted by Crippen LogP contribution is 2.39. The van der Waals surface area contributed by atoms with Crippen molar-refractivity contribution in [1.29, 1.82) is 0 Å². The Hall–Kier alpha value is -3.23. The zero-order valence-electron chi connectivity index (χ0n) is 18.1. The summed E-state index contributed by atoms with van der Waals surface area (Å²) < 4.78 is 0. The van der Waals surface area contributed by atoms with Crippen molar-refractivity contribution in [2.24, 2.45) is 11.7 Å². The zero-order valence-corrected chi connectivity index (χ0v) is 18.1. The van der Waals surface area contributed by atoms with Crippen molar-refractivity contribution in [2.75, 3.05) is 10.6 Å². The van der Waals surface area contributed by atoms with Crippen LogP contribution in [-0.2, 0) is 20.8 Å². The zero-order chi connectivity index (χ0) is 23.1. The number of rotatable bonds is 10. The molecule has 1 aliphatic rings. The predicted molar refractivity (Wildman–Crippen MR) is 122 cm³/mol. The Balaban J connectivity index is 1.37. The maximum atomic E-state index is 12.2. The van der Waals surface area contributed by atoms with E-state index in [0.717, 1.165) is 24.1 Å². The van der Waals surface area contributed by atoms with Crippen molar-refractivity contribution in [3.63, 3.8) is 0 Å². The number of amides is 3. The Bertz CT molecular complexity index is 943. The van der Waals surface area contributed by atoms with Crippen molar-refractivity contribution in [1.82, 2.24) is 5.48 Å². The lowest BCUT2D eigenvalue weighted by Crippen LogP contribution is -2.29. The fraction of sp³-hybridized carbons (Fsp3) is 0.375. The smallest absolute Gasteiger partial charge is 0.246 e. The highest BCUT2D eigenvalue weighted by Gasteiger charge is 2.34. The van der Waals surface area contributed by atoms with Crippen LogP contribution in [0.5, 0.6) is 0 Å². The lowest BCUT2D eigenvalue weighted by molar-refractivity contribution is -0.135. The van der Waals surface area contributed by atoms with Gasteiger partial charge in [-0.2, -0.15) is 0 Å². The fourth-order valence-corrected chi connectivity index (χ4v) is 3.54. The summed E-state index contributed by atoms with van der Waals surface area (Å²) in [7, 11) is 0. The van der Waals surface area contributed by atoms with E-state index in [1.165, 1.54) is 5.56 Å². The second-order valence-corrected chi connectivity index (χ2v) is 8.36. The van der Waals surface area contributed by atoms with Crippen LogP contribution >= 0.6 is 0 Å². The molecule has 0 saturated heterocycles. The number of hydroxylamine groups is 1. The molecule has 3 amide bonds. The number of carbonyl (C=O) groups excluding carboxylic acids is 3. The largest absolute Gasteiger partial charge is 0.327 e. The average Bonchev–Trinajstić information content (AvgIpc) is 3.51. The lowest BCUT2D eigenvalue weighted by atomic mass is 10.1. The normalized spacial score (nSPS) is 17.8. The van der Waals surface area contributed by atoms with Gasteiger partial charge in [0.15, 0.2) is 0 Å². The maximum absolute atomic E-state index is 12.2. The Morgan fingerprint density at radius 2 is 1.56 bits per heavy atom. The van der Waals surface area contributed by atoms with Crippen molar-refractivity contribution < 1.29 is 19.6 Å². The van der Waals surface area contributed by atoms with Gasteiger partial charge in [0.2, 0.25) is 17.7 Å². The Labute approximate surface area is 187 Å². The standard InChI is InChI=1S/C24H30N4O4/c1-15(24(31)28-32)13-23(30)27-18-9-5-16(6-10-18)3-2-4-22(29)26-19-11-7-17(8-12-19)20-14-21(20)25/h5-12,15,20-21,32H,2-4,13-14,25H2,1H3,(H,26,29)(H,27,30)(H,28,31). The van der Waals surface area contributed by atoms with E-state index in [0.29, 0.717) is 24.4 Å². The Morgan fingerprint density at radius 1 is 1.00 bits per heavy atom. The molecule has 1 fully saturated rings. The van der Waals surface area contributed by atoms with E-state index in [9.17, 15) is 14.4 Å². The van der Waals surface area contributed by atoms with Gasteiger partial charge in [-0.05, 0) is 54.7 Å². The minimum Gasteiger partial charge on any atom is -0.327 e. The third-order valence-corrected chi connectivity index (χ3v) is 5.62. The minimum atomic E-state index is -0.625. The highest BCUT2D eigenvalue weighted by atomic mass is 16.5. The molecule has 32 heavy (non-hydrogen) atoms. The highest BCUT2D eigenvalue weighted by molar-refractivity contribution is 5.93. The molecule has 3 unspecified atom stereocenters. The number of hydrogen-bond acceptors (Lipinski definition) is 5. The number of aryl methyl sites for hydroxylation is 1. The van der Waals surface area contributed by atoms with Gasteiger partial charge in [0.1, 0.15) is 0 Å². The summed E-state index contributed by atoms with van der Waals surface area (Å²) in [5.41, 5.74) is 11.1. The number of carbonyl (C=O) groups is 3. The molecule has 0 radical (unpaired) electrons. The van der Waals surface area contributed by atoms with E-state index in [2.05, 4.69) is 10.6 Å². The summed E-state index contributed by atoms with van der Waals surface area (Å²) in [4.78, 5) is 35.4. The second-order valence-electron chi connectivity index (χ2n) is 8.36. The van der Waals surface area contributed by atoms with Crippen LogP contribution in [0.3, 0.4) is 0 Å². The first-order valence-electron chi connectivity index (χ1n) is 10.8. The Morgan fingerprint density at radius 3 is 2.12 bits per heavy atom. The van der Waals surface area contributed by atoms with Crippen LogP contribution in [-0.4, -0.2) is 29.0 Å². The van der Waals surface area contributed by atoms with E-state index in [1.54, 1.807) is 24.5 Å². The molecule has 0 bridgehead atoms. The van der Waals surface area contributed by atoms with E-state index >= 15 is 0 Å². The van der Waals surface area contributed by atoms with Crippen LogP contribution < -0.4 is 21.8 Å². The first-order chi connectivity index (χ1) is 15.4. The molecule has 8 nitrogen and oxygen atoms in total. The summed E-state index contributed by atoms with van der Waals surface area (Å²) in [5.74, 6) is -1.10. The monoisotopic (exact) mass is 438 g/mol. The molecule has 1 aliphatic carbocycles. The van der Waals surface area contributed by atoms with Gasteiger partial charge >= 0.3 is 0 Å². The summed E-state index contributed by atoms with van der Waals surface area (Å²) in [6.07, 6.45) is 2.87. The van der Waals surface area contributed by atoms with Gasteiger partial charge in [0, 0.05) is 42.1 Å². The van der Waals surface area contributed by atoms with E-state index in [-0.39, 0.29) is 24.3 Å². The van der Waals surface area contributed by atoms with Gasteiger partial charge in [-0.1, -0.05) is 31.2 Å². The van der Waals surface area contributed by atoms with Crippen molar-refractivity contribution in [3.8, 4) is 0 Å². The molecular weight excluding hydrogens is 408 g/mol. The SMILES string of the molecule is CC(CC(=O)Nc1ccc(CCCC(=O)Nc2ccc(C3CC3N)cc2)cc1)C(=O)NO. The maximum Gasteiger partial charge on any atom is 0.246 e. The first-order valence-corrected chi connectivity index (χ1v) is 10.8. The number of hydrogen-bond donors (Lipinski definition) is 5. The van der Waals surface area contributed by atoms with Crippen LogP contribution in [0.25, 0.3) is 0 Å². The van der Waals surface area contributed by atoms with Crippen LogP contribution in [0, 0.1) is 5.92 Å². The van der Waals surface area contributed by atoms with Gasteiger partial charge in [-0.3, -0.25) is 19.6 Å². The number of nitrogens with one attached hydrogen (secondary N) is 3. The van der Waals surface area contributed by atoms with E-state index in [1.807, 2.05) is 36.4 Å². The summed E-state index contributed by atoms with van der Waals surface area (Å²) in [6, 6.07) is 15.5. The third kappa shape index (κ3) is 6.90. The molecule has 0 heterocycles. The lowest BCUT2D eigenvalue weighted by Gasteiger charge is -2.10. The van der Waals surface area contributed by atoms with E-state index < -0.39 is 11.8 Å². The molecule has 1 saturated carbocycles. The van der Waals surface area contributed by atoms with Gasteiger partial charge in [0.25, 0.3) is 0 Å². The predicted octanol–water partition coefficient (Wildman–Crippen LogP) is 2.93. The molecule has 0 aromatic heterocycles. The van der Waals surface area contributed by atoms with Gasteiger partial charge in [0.05, 0.1) is 0 Å². The van der Waals surface area contributed by atoms with Gasteiger partial charge < -0.3 is 16.4 Å². The molecule has 2 aromatic carbocycles. The molecule has 0 aliphatic heterocycles. The van der Waals surface area contributed by atoms with Crippen LogP contribution in [0.4, 0.5) is 11.4 Å². The molecule has 2 aromatic rings. The summed E-state index contributed by atoms with van der Waals surface area (Å²) in [5, 5.41) is 14.2. The van der Waals surface area contributed by atoms with Crippen LogP contribution in [0.15, 0.2) is 48.5 Å². The van der Waals surface area contributed by atoms with E-state index in [4.69, 9.17) is 10.9 Å². The molecular formula is C24H30N4O4. The second kappa shape index (κ2) is 10.9. The third-order valence-electron chi connectivity index (χ3n) is 5.62. The van der Waals surface area contributed by atoms with Crippen molar-refractivity contribution in [2.45, 2.75) is 51.0 Å². The minimum absolute atomic E-state index is 0.0224. The van der Waals surface area contributed by atoms with Crippen molar-refractivity contribution >= 4 is 29.1 Å². The quantitative estimate of drug-likeness (QED) is 0.287. The number of nitrogens with two attached hydrogens (primary N) is 1. The van der Waals surface area contributed by atoms with Gasteiger partial charge in [-0.15, -0.1) is 0 Å².